The van der Waals surface area contributed by atoms with Crippen LogP contribution >= 0.6 is 11.3 Å². The minimum Gasteiger partial charge on any atom is -0.362 e. The molecule has 0 spiro atoms. The van der Waals surface area contributed by atoms with Gasteiger partial charge in [0.15, 0.2) is 5.01 Å². The molecule has 1 amide bonds. The molecule has 3 aromatic heterocycles. The minimum atomic E-state index is -2.69. The number of fused-ring (bicyclic) bond motifs is 1. The molecular formula is C20H19F2N7OS. The topological polar surface area (TPSA) is 97.6 Å². The SMILES string of the molecule is CCn1cc2ncc(N[C@@H](C)c3cccc(NC(=O)c4cnc(C(F)F)s4)c3)nc2n1. The number of halogens is 2. The molecule has 8 nitrogen and oxygen atoms in total. The van der Waals surface area contributed by atoms with E-state index in [0.717, 1.165) is 23.8 Å². The van der Waals surface area contributed by atoms with Gasteiger partial charge in [0.1, 0.15) is 16.2 Å². The first-order chi connectivity index (χ1) is 14.9. The van der Waals surface area contributed by atoms with Gasteiger partial charge in [-0.1, -0.05) is 12.1 Å². The number of carbonyl (C=O) groups excluding carboxylic acids is 1. The molecule has 1 atom stereocenters. The van der Waals surface area contributed by atoms with E-state index in [0.29, 0.717) is 28.5 Å². The Kier molecular flexibility index (Phi) is 5.85. The Labute approximate surface area is 180 Å². The van der Waals surface area contributed by atoms with Crippen molar-refractivity contribution in [2.45, 2.75) is 32.9 Å². The Hall–Kier alpha value is -3.47. The summed E-state index contributed by atoms with van der Waals surface area (Å²) in [5, 5.41) is 9.99. The van der Waals surface area contributed by atoms with Crippen LogP contribution in [0.15, 0.2) is 42.9 Å². The number of benzene rings is 1. The van der Waals surface area contributed by atoms with Gasteiger partial charge in [-0.3, -0.25) is 9.48 Å². The Morgan fingerprint density at radius 3 is 2.84 bits per heavy atom. The summed E-state index contributed by atoms with van der Waals surface area (Å²) in [6.07, 6.45) is 1.95. The number of amides is 1. The van der Waals surface area contributed by atoms with Crippen molar-refractivity contribution in [2.24, 2.45) is 0 Å². The fourth-order valence-electron chi connectivity index (χ4n) is 2.95. The lowest BCUT2D eigenvalue weighted by atomic mass is 10.1. The standard InChI is InChI=1S/C20H19F2N7OS/c1-3-29-10-14-18(28-29)27-16(9-23-14)25-11(2)12-5-4-6-13(7-12)26-19(30)15-8-24-20(31-15)17(21)22/h4-11,17H,3H2,1-2H3,(H,26,30)(H,25,27,28)/t11-/m0/s1. The number of aromatic nitrogens is 5. The molecule has 0 aliphatic carbocycles. The molecule has 0 aliphatic rings. The lowest BCUT2D eigenvalue weighted by Gasteiger charge is -2.16. The molecule has 0 saturated heterocycles. The molecule has 0 radical (unpaired) electrons. The van der Waals surface area contributed by atoms with E-state index >= 15 is 0 Å². The number of nitrogens with one attached hydrogen (secondary N) is 2. The molecule has 4 rings (SSSR count). The van der Waals surface area contributed by atoms with E-state index in [1.165, 1.54) is 0 Å². The number of alkyl halides is 2. The number of carbonyl (C=O) groups is 1. The van der Waals surface area contributed by atoms with Crippen molar-refractivity contribution >= 4 is 39.9 Å². The van der Waals surface area contributed by atoms with Gasteiger partial charge >= 0.3 is 0 Å². The van der Waals surface area contributed by atoms with Gasteiger partial charge in [0.05, 0.1) is 24.6 Å². The van der Waals surface area contributed by atoms with Crippen LogP contribution in [-0.2, 0) is 6.54 Å². The van der Waals surface area contributed by atoms with E-state index in [1.54, 1.807) is 23.0 Å². The van der Waals surface area contributed by atoms with Crippen LogP contribution in [0.2, 0.25) is 0 Å². The Balaban J connectivity index is 1.46. The highest BCUT2D eigenvalue weighted by atomic mass is 32.1. The van der Waals surface area contributed by atoms with Gasteiger partial charge in [-0.05, 0) is 31.5 Å². The smallest absolute Gasteiger partial charge is 0.289 e. The third-order valence-corrected chi connectivity index (χ3v) is 5.55. The van der Waals surface area contributed by atoms with Crippen LogP contribution < -0.4 is 10.6 Å². The highest BCUT2D eigenvalue weighted by Crippen LogP contribution is 2.26. The number of anilines is 2. The fraction of sp³-hybridized carbons (Fsp3) is 0.250. The zero-order valence-corrected chi connectivity index (χ0v) is 17.5. The van der Waals surface area contributed by atoms with Crippen molar-refractivity contribution in [3.8, 4) is 0 Å². The van der Waals surface area contributed by atoms with Crippen LogP contribution in [0.4, 0.5) is 20.3 Å². The van der Waals surface area contributed by atoms with E-state index in [2.05, 4.69) is 30.7 Å². The average molecular weight is 443 g/mol. The largest absolute Gasteiger partial charge is 0.362 e. The molecule has 31 heavy (non-hydrogen) atoms. The lowest BCUT2D eigenvalue weighted by Crippen LogP contribution is -2.12. The second-order valence-electron chi connectivity index (χ2n) is 6.76. The number of hydrogen-bond donors (Lipinski definition) is 2. The predicted molar refractivity (Wildman–Crippen MR) is 115 cm³/mol. The maximum absolute atomic E-state index is 12.7. The van der Waals surface area contributed by atoms with Crippen LogP contribution in [0, 0.1) is 0 Å². The summed E-state index contributed by atoms with van der Waals surface area (Å²) in [5.74, 6) is 0.102. The molecule has 0 aliphatic heterocycles. The number of nitrogens with zero attached hydrogens (tertiary/aromatic N) is 5. The minimum absolute atomic E-state index is 0.127. The number of rotatable bonds is 7. The molecule has 1 aromatic carbocycles. The quantitative estimate of drug-likeness (QED) is 0.431. The normalized spacial score (nSPS) is 12.3. The van der Waals surface area contributed by atoms with Gasteiger partial charge in [0.2, 0.25) is 5.65 Å². The molecule has 11 heteroatoms. The van der Waals surface area contributed by atoms with Crippen LogP contribution in [0.25, 0.3) is 11.2 Å². The first kappa shape index (κ1) is 20.8. The maximum atomic E-state index is 12.7. The Morgan fingerprint density at radius 2 is 2.10 bits per heavy atom. The molecule has 0 unspecified atom stereocenters. The highest BCUT2D eigenvalue weighted by molar-refractivity contribution is 7.13. The van der Waals surface area contributed by atoms with Crippen molar-refractivity contribution < 1.29 is 13.6 Å². The summed E-state index contributed by atoms with van der Waals surface area (Å²) in [6.45, 7) is 4.68. The van der Waals surface area contributed by atoms with E-state index in [4.69, 9.17) is 0 Å². The van der Waals surface area contributed by atoms with Crippen molar-refractivity contribution in [1.82, 2.24) is 24.7 Å². The average Bonchev–Trinajstić information content (AvgIpc) is 3.41. The monoisotopic (exact) mass is 443 g/mol. The molecule has 4 aromatic rings. The van der Waals surface area contributed by atoms with Gasteiger partial charge in [-0.25, -0.2) is 23.7 Å². The van der Waals surface area contributed by atoms with Gasteiger partial charge in [-0.15, -0.1) is 11.3 Å². The molecular weight excluding hydrogens is 424 g/mol. The van der Waals surface area contributed by atoms with Crippen LogP contribution in [0.1, 0.15) is 46.6 Å². The maximum Gasteiger partial charge on any atom is 0.289 e. The van der Waals surface area contributed by atoms with E-state index in [1.807, 2.05) is 32.2 Å². The zero-order valence-electron chi connectivity index (χ0n) is 16.7. The summed E-state index contributed by atoms with van der Waals surface area (Å²) < 4.78 is 27.2. The Morgan fingerprint density at radius 1 is 1.26 bits per heavy atom. The molecule has 0 saturated carbocycles. The third-order valence-electron chi connectivity index (χ3n) is 4.54. The van der Waals surface area contributed by atoms with Gasteiger partial charge < -0.3 is 10.6 Å². The molecule has 160 valence electrons. The second kappa shape index (κ2) is 8.72. The van der Waals surface area contributed by atoms with E-state index < -0.39 is 12.3 Å². The van der Waals surface area contributed by atoms with Gasteiger partial charge in [-0.2, -0.15) is 5.10 Å². The van der Waals surface area contributed by atoms with Gasteiger partial charge in [0, 0.05) is 12.2 Å². The molecule has 0 fully saturated rings. The van der Waals surface area contributed by atoms with E-state index in [-0.39, 0.29) is 15.9 Å². The van der Waals surface area contributed by atoms with Crippen LogP contribution in [0.3, 0.4) is 0 Å². The second-order valence-corrected chi connectivity index (χ2v) is 7.82. The summed E-state index contributed by atoms with van der Waals surface area (Å²) in [7, 11) is 0. The molecule has 0 bridgehead atoms. The number of hydrogen-bond acceptors (Lipinski definition) is 7. The van der Waals surface area contributed by atoms with Crippen molar-refractivity contribution in [3.05, 3.63) is 58.3 Å². The summed E-state index contributed by atoms with van der Waals surface area (Å²) in [6, 6.07) is 7.12. The van der Waals surface area contributed by atoms with Crippen molar-refractivity contribution in [3.63, 3.8) is 0 Å². The van der Waals surface area contributed by atoms with E-state index in [9.17, 15) is 13.6 Å². The Bertz CT molecular complexity index is 1220. The number of aryl methyl sites for hydroxylation is 1. The summed E-state index contributed by atoms with van der Waals surface area (Å²) in [5.41, 5.74) is 2.73. The fourth-order valence-corrected chi connectivity index (χ4v) is 3.62. The van der Waals surface area contributed by atoms with Gasteiger partial charge in [0.25, 0.3) is 12.3 Å². The summed E-state index contributed by atoms with van der Waals surface area (Å²) in [4.78, 5) is 24.9. The third kappa shape index (κ3) is 4.66. The lowest BCUT2D eigenvalue weighted by molar-refractivity contribution is 0.103. The molecule has 3 heterocycles. The molecule has 2 N–H and O–H groups in total. The summed E-state index contributed by atoms with van der Waals surface area (Å²) >= 11 is 0.676. The zero-order chi connectivity index (χ0) is 22.0. The van der Waals surface area contributed by atoms with Crippen LogP contribution in [0.5, 0.6) is 0 Å². The predicted octanol–water partition coefficient (Wildman–Crippen LogP) is 4.67. The first-order valence-electron chi connectivity index (χ1n) is 9.55. The van der Waals surface area contributed by atoms with Crippen LogP contribution in [-0.4, -0.2) is 30.6 Å². The highest BCUT2D eigenvalue weighted by Gasteiger charge is 2.17. The van der Waals surface area contributed by atoms with Crippen molar-refractivity contribution in [1.29, 1.82) is 0 Å². The first-order valence-corrected chi connectivity index (χ1v) is 10.4. The number of thiazole rings is 1. The van der Waals surface area contributed by atoms with Crippen molar-refractivity contribution in [2.75, 3.05) is 10.6 Å².